The van der Waals surface area contributed by atoms with Gasteiger partial charge in [-0.3, -0.25) is 9.59 Å². The molecule has 1 aromatic carbocycles. The number of hydrogen-bond donors (Lipinski definition) is 0. The van der Waals surface area contributed by atoms with Crippen LogP contribution in [-0.4, -0.2) is 60.5 Å². The van der Waals surface area contributed by atoms with Gasteiger partial charge in [0.1, 0.15) is 6.61 Å². The molecule has 0 aromatic heterocycles. The molecule has 0 atom stereocenters. The minimum Gasteiger partial charge on any atom is -0.370 e. The van der Waals surface area contributed by atoms with Crippen LogP contribution in [0.15, 0.2) is 24.3 Å². The number of likely N-dealkylation sites (tertiary alicyclic amines) is 1. The van der Waals surface area contributed by atoms with Gasteiger partial charge in [-0.2, -0.15) is 13.2 Å². The number of hydrogen-bond acceptors (Lipinski definition) is 3. The molecule has 136 valence electrons. The van der Waals surface area contributed by atoms with E-state index >= 15 is 0 Å². The zero-order chi connectivity index (χ0) is 18.0. The van der Waals surface area contributed by atoms with Gasteiger partial charge in [-0.25, -0.2) is 0 Å². The second-order valence-electron chi connectivity index (χ2n) is 6.24. The Morgan fingerprint density at radius 3 is 2.28 bits per heavy atom. The molecule has 5 nitrogen and oxygen atoms in total. The van der Waals surface area contributed by atoms with Crippen LogP contribution in [0, 0.1) is 0 Å². The predicted molar refractivity (Wildman–Crippen MR) is 82.9 cm³/mol. The monoisotopic (exact) mass is 356 g/mol. The first-order valence-electron chi connectivity index (χ1n) is 8.20. The van der Waals surface area contributed by atoms with E-state index in [-0.39, 0.29) is 30.0 Å². The summed E-state index contributed by atoms with van der Waals surface area (Å²) in [5.74, 6) is -0.306. The van der Waals surface area contributed by atoms with Gasteiger partial charge in [0, 0.05) is 31.2 Å². The second-order valence-corrected chi connectivity index (χ2v) is 6.24. The number of alkyl halides is 3. The third kappa shape index (κ3) is 3.95. The molecular formula is C17H19F3N2O3. The molecule has 0 bridgehead atoms. The molecule has 0 aliphatic carbocycles. The van der Waals surface area contributed by atoms with Gasteiger partial charge < -0.3 is 14.5 Å². The fraction of sp³-hybridized carbons (Fsp3) is 0.529. The topological polar surface area (TPSA) is 49.9 Å². The maximum absolute atomic E-state index is 12.6. The van der Waals surface area contributed by atoms with Gasteiger partial charge in [0.05, 0.1) is 12.2 Å². The maximum Gasteiger partial charge on any atom is 0.416 e. The summed E-state index contributed by atoms with van der Waals surface area (Å²) in [7, 11) is 0. The normalized spacial score (nSPS) is 20.0. The third-order valence-corrected chi connectivity index (χ3v) is 4.67. The maximum atomic E-state index is 12.6. The molecule has 2 aliphatic rings. The Morgan fingerprint density at radius 2 is 1.72 bits per heavy atom. The van der Waals surface area contributed by atoms with Crippen molar-refractivity contribution in [3.63, 3.8) is 0 Å². The zero-order valence-corrected chi connectivity index (χ0v) is 13.6. The minimum absolute atomic E-state index is 0.0289. The highest BCUT2D eigenvalue weighted by molar-refractivity contribution is 5.94. The molecule has 2 aliphatic heterocycles. The van der Waals surface area contributed by atoms with E-state index in [1.54, 1.807) is 4.90 Å². The Balaban J connectivity index is 1.59. The average molecular weight is 356 g/mol. The lowest BCUT2D eigenvalue weighted by atomic mass is 10.0. The van der Waals surface area contributed by atoms with Crippen molar-refractivity contribution in [1.29, 1.82) is 0 Å². The molecule has 0 unspecified atom stereocenters. The van der Waals surface area contributed by atoms with Crippen molar-refractivity contribution in [1.82, 2.24) is 9.80 Å². The summed E-state index contributed by atoms with van der Waals surface area (Å²) in [6, 6.07) is 4.36. The molecule has 25 heavy (non-hydrogen) atoms. The highest BCUT2D eigenvalue weighted by Crippen LogP contribution is 2.29. The molecule has 2 heterocycles. The lowest BCUT2D eigenvalue weighted by Gasteiger charge is -2.40. The third-order valence-electron chi connectivity index (χ3n) is 4.67. The van der Waals surface area contributed by atoms with Crippen LogP contribution in [0.4, 0.5) is 13.2 Å². The number of ether oxygens (including phenoxy) is 1. The van der Waals surface area contributed by atoms with Crippen molar-refractivity contribution in [3.8, 4) is 0 Å². The Kier molecular flexibility index (Phi) is 4.99. The van der Waals surface area contributed by atoms with Gasteiger partial charge in [0.25, 0.3) is 5.91 Å². The number of carbonyl (C=O) groups is 2. The number of rotatable bonds is 2. The molecule has 0 radical (unpaired) electrons. The van der Waals surface area contributed by atoms with E-state index in [2.05, 4.69) is 0 Å². The van der Waals surface area contributed by atoms with Crippen molar-refractivity contribution >= 4 is 11.8 Å². The Morgan fingerprint density at radius 1 is 1.08 bits per heavy atom. The largest absolute Gasteiger partial charge is 0.416 e. The molecule has 2 saturated heterocycles. The highest BCUT2D eigenvalue weighted by atomic mass is 19.4. The van der Waals surface area contributed by atoms with Crippen LogP contribution in [0.5, 0.6) is 0 Å². The minimum atomic E-state index is -4.41. The Labute approximate surface area is 143 Å². The van der Waals surface area contributed by atoms with Gasteiger partial charge >= 0.3 is 6.18 Å². The second kappa shape index (κ2) is 7.03. The number of morpholine rings is 1. The number of nitrogens with zero attached hydrogens (tertiary/aromatic N) is 2. The highest BCUT2D eigenvalue weighted by Gasteiger charge is 2.32. The van der Waals surface area contributed by atoms with E-state index in [0.29, 0.717) is 39.1 Å². The van der Waals surface area contributed by atoms with Crippen molar-refractivity contribution in [3.05, 3.63) is 35.4 Å². The lowest BCUT2D eigenvalue weighted by Crippen LogP contribution is -2.52. The lowest BCUT2D eigenvalue weighted by molar-refractivity contribution is -0.146. The average Bonchev–Trinajstić information content (AvgIpc) is 2.61. The first kappa shape index (κ1) is 17.7. The van der Waals surface area contributed by atoms with E-state index in [1.165, 1.54) is 12.1 Å². The summed E-state index contributed by atoms with van der Waals surface area (Å²) in [6.45, 7) is 2.15. The molecule has 3 rings (SSSR count). The molecule has 2 fully saturated rings. The molecule has 2 amide bonds. The molecule has 8 heteroatoms. The quantitative estimate of drug-likeness (QED) is 0.816. The number of amides is 2. The van der Waals surface area contributed by atoms with Crippen LogP contribution in [0.3, 0.4) is 0 Å². The summed E-state index contributed by atoms with van der Waals surface area (Å²) in [6.07, 6.45) is -3.08. The number of carbonyl (C=O) groups excluding carboxylic acids is 2. The summed E-state index contributed by atoms with van der Waals surface area (Å²) < 4.78 is 42.9. The summed E-state index contributed by atoms with van der Waals surface area (Å²) >= 11 is 0. The predicted octanol–water partition coefficient (Wildman–Crippen LogP) is 2.17. The summed E-state index contributed by atoms with van der Waals surface area (Å²) in [5.41, 5.74) is -0.525. The molecular weight excluding hydrogens is 337 g/mol. The van der Waals surface area contributed by atoms with Gasteiger partial charge in [-0.05, 0) is 37.1 Å². The van der Waals surface area contributed by atoms with Crippen LogP contribution >= 0.6 is 0 Å². The number of halogens is 3. The first-order valence-corrected chi connectivity index (χ1v) is 8.20. The zero-order valence-electron chi connectivity index (χ0n) is 13.6. The van der Waals surface area contributed by atoms with Crippen molar-refractivity contribution in [2.24, 2.45) is 0 Å². The summed E-state index contributed by atoms with van der Waals surface area (Å²) in [4.78, 5) is 27.8. The molecule has 0 spiro atoms. The van der Waals surface area contributed by atoms with E-state index in [4.69, 9.17) is 4.74 Å². The number of benzene rings is 1. The van der Waals surface area contributed by atoms with Crippen molar-refractivity contribution < 1.29 is 27.5 Å². The number of piperidine rings is 1. The van der Waals surface area contributed by atoms with Gasteiger partial charge in [-0.15, -0.1) is 0 Å². The van der Waals surface area contributed by atoms with Crippen LogP contribution < -0.4 is 0 Å². The van der Waals surface area contributed by atoms with E-state index < -0.39 is 11.7 Å². The first-order chi connectivity index (χ1) is 11.9. The van der Waals surface area contributed by atoms with Crippen LogP contribution in [-0.2, 0) is 15.7 Å². The Bertz CT molecular complexity index is 638. The molecule has 0 N–H and O–H groups in total. The van der Waals surface area contributed by atoms with Crippen LogP contribution in [0.2, 0.25) is 0 Å². The fourth-order valence-corrected chi connectivity index (χ4v) is 3.28. The van der Waals surface area contributed by atoms with E-state index in [9.17, 15) is 22.8 Å². The SMILES string of the molecule is O=C(c1ccc(C(F)(F)F)cc1)N1CCC(N2CCOCC2=O)CC1. The summed E-state index contributed by atoms with van der Waals surface area (Å²) in [5, 5.41) is 0. The van der Waals surface area contributed by atoms with Crippen molar-refractivity contribution in [2.75, 3.05) is 32.8 Å². The molecule has 1 aromatic rings. The van der Waals surface area contributed by atoms with E-state index in [1.807, 2.05) is 4.90 Å². The molecule has 0 saturated carbocycles. The van der Waals surface area contributed by atoms with Gasteiger partial charge in [0.2, 0.25) is 5.91 Å². The fourth-order valence-electron chi connectivity index (χ4n) is 3.28. The smallest absolute Gasteiger partial charge is 0.370 e. The van der Waals surface area contributed by atoms with Crippen LogP contribution in [0.1, 0.15) is 28.8 Å². The van der Waals surface area contributed by atoms with E-state index in [0.717, 1.165) is 12.1 Å². The van der Waals surface area contributed by atoms with Gasteiger partial charge in [-0.1, -0.05) is 0 Å². The van der Waals surface area contributed by atoms with Gasteiger partial charge in [0.15, 0.2) is 0 Å². The van der Waals surface area contributed by atoms with Crippen LogP contribution in [0.25, 0.3) is 0 Å². The van der Waals surface area contributed by atoms with Crippen molar-refractivity contribution in [2.45, 2.75) is 25.1 Å². The standard InChI is InChI=1S/C17H19F3N2O3/c18-17(19,20)13-3-1-12(2-4-13)16(24)21-7-5-14(6-8-21)22-9-10-25-11-15(22)23/h1-4,14H,5-11H2. The Hall–Kier alpha value is -2.09.